The van der Waals surface area contributed by atoms with Gasteiger partial charge in [0.1, 0.15) is 5.82 Å². The summed E-state index contributed by atoms with van der Waals surface area (Å²) in [6.45, 7) is 4.05. The van der Waals surface area contributed by atoms with Crippen LogP contribution in [0.25, 0.3) is 0 Å². The molecule has 0 bridgehead atoms. The summed E-state index contributed by atoms with van der Waals surface area (Å²) in [5, 5.41) is 17.5. The van der Waals surface area contributed by atoms with Gasteiger partial charge in [-0.25, -0.2) is 4.98 Å². The summed E-state index contributed by atoms with van der Waals surface area (Å²) < 4.78 is 0. The van der Waals surface area contributed by atoms with Crippen molar-refractivity contribution >= 4 is 5.69 Å². The summed E-state index contributed by atoms with van der Waals surface area (Å²) in [5.41, 5.74) is 1.06. The highest BCUT2D eigenvalue weighted by atomic mass is 16.6. The lowest BCUT2D eigenvalue weighted by atomic mass is 10.1. The molecule has 6 nitrogen and oxygen atoms in total. The Morgan fingerprint density at radius 1 is 1.33 bits per heavy atom. The van der Waals surface area contributed by atoms with Gasteiger partial charge in [0.2, 0.25) is 0 Å². The third kappa shape index (κ3) is 2.71. The van der Waals surface area contributed by atoms with Crippen molar-refractivity contribution in [2.24, 2.45) is 0 Å². The molecule has 0 amide bonds. The monoisotopic (exact) mass is 246 g/mol. The first-order valence-corrected chi connectivity index (χ1v) is 5.71. The molecule has 0 aliphatic heterocycles. The van der Waals surface area contributed by atoms with Crippen molar-refractivity contribution in [3.05, 3.63) is 51.6 Å². The Bertz CT molecular complexity index is 545. The van der Waals surface area contributed by atoms with E-state index in [2.05, 4.69) is 15.2 Å². The van der Waals surface area contributed by atoms with Crippen LogP contribution in [0.4, 0.5) is 5.69 Å². The van der Waals surface area contributed by atoms with Crippen LogP contribution in [-0.4, -0.2) is 20.1 Å². The number of nitrogens with zero attached hydrogens (tertiary/aromatic N) is 3. The van der Waals surface area contributed by atoms with Gasteiger partial charge in [0, 0.05) is 24.5 Å². The van der Waals surface area contributed by atoms with E-state index in [0.29, 0.717) is 6.42 Å². The molecule has 0 radical (unpaired) electrons. The van der Waals surface area contributed by atoms with Gasteiger partial charge in [-0.15, -0.1) is 0 Å². The third-order valence-electron chi connectivity index (χ3n) is 2.58. The third-order valence-corrected chi connectivity index (χ3v) is 2.58. The zero-order chi connectivity index (χ0) is 13.1. The molecule has 6 heteroatoms. The Labute approximate surface area is 104 Å². The van der Waals surface area contributed by atoms with Gasteiger partial charge in [-0.3, -0.25) is 15.2 Å². The zero-order valence-electron chi connectivity index (χ0n) is 10.3. The highest BCUT2D eigenvalue weighted by Gasteiger charge is 2.08. The highest BCUT2D eigenvalue weighted by Crippen LogP contribution is 2.14. The second-order valence-electron chi connectivity index (χ2n) is 4.40. The second-order valence-corrected chi connectivity index (χ2v) is 4.40. The minimum absolute atomic E-state index is 0.0965. The van der Waals surface area contributed by atoms with E-state index in [1.807, 2.05) is 13.8 Å². The fourth-order valence-corrected chi connectivity index (χ4v) is 1.58. The second kappa shape index (κ2) is 4.95. The van der Waals surface area contributed by atoms with Gasteiger partial charge in [-0.05, 0) is 5.56 Å². The number of hydrogen-bond donors (Lipinski definition) is 1. The average molecular weight is 246 g/mol. The van der Waals surface area contributed by atoms with Gasteiger partial charge in [0.25, 0.3) is 5.69 Å². The molecule has 0 aliphatic carbocycles. The first kappa shape index (κ1) is 12.2. The van der Waals surface area contributed by atoms with E-state index in [1.165, 1.54) is 12.1 Å². The van der Waals surface area contributed by atoms with Crippen molar-refractivity contribution in [1.82, 2.24) is 15.2 Å². The van der Waals surface area contributed by atoms with Gasteiger partial charge in [-0.1, -0.05) is 26.0 Å². The summed E-state index contributed by atoms with van der Waals surface area (Å²) in [4.78, 5) is 14.5. The van der Waals surface area contributed by atoms with Gasteiger partial charge in [0.05, 0.1) is 4.92 Å². The topological polar surface area (TPSA) is 84.7 Å². The van der Waals surface area contributed by atoms with E-state index in [-0.39, 0.29) is 11.6 Å². The van der Waals surface area contributed by atoms with Crippen LogP contribution in [0, 0.1) is 10.1 Å². The number of non-ortho nitro benzene ring substituents is 1. The quantitative estimate of drug-likeness (QED) is 0.663. The molecule has 0 spiro atoms. The van der Waals surface area contributed by atoms with Crippen molar-refractivity contribution in [2.75, 3.05) is 0 Å². The van der Waals surface area contributed by atoms with Crippen molar-refractivity contribution in [3.8, 4) is 0 Å². The van der Waals surface area contributed by atoms with Gasteiger partial charge in [-0.2, -0.15) is 5.10 Å². The molecule has 1 N–H and O–H groups in total. The Morgan fingerprint density at radius 3 is 2.50 bits per heavy atom. The molecule has 0 unspecified atom stereocenters. The van der Waals surface area contributed by atoms with Crippen LogP contribution in [0.15, 0.2) is 24.3 Å². The van der Waals surface area contributed by atoms with Crippen LogP contribution in [-0.2, 0) is 6.42 Å². The number of aromatic amines is 1. The molecule has 0 saturated carbocycles. The maximum absolute atomic E-state index is 10.5. The minimum atomic E-state index is -0.408. The lowest BCUT2D eigenvalue weighted by Gasteiger charge is -1.98. The summed E-state index contributed by atoms with van der Waals surface area (Å²) in [6, 6.07) is 6.45. The molecular weight excluding hydrogens is 232 g/mol. The molecule has 0 atom stereocenters. The summed E-state index contributed by atoms with van der Waals surface area (Å²) in [5.74, 6) is 1.84. The fraction of sp³-hybridized carbons (Fsp3) is 0.333. The van der Waals surface area contributed by atoms with Crippen LogP contribution < -0.4 is 0 Å². The number of nitrogens with one attached hydrogen (secondary N) is 1. The normalized spacial score (nSPS) is 10.8. The number of nitro benzene ring substituents is 1. The number of rotatable bonds is 4. The first-order chi connectivity index (χ1) is 8.56. The maximum atomic E-state index is 10.5. The molecule has 94 valence electrons. The van der Waals surface area contributed by atoms with Gasteiger partial charge in [0.15, 0.2) is 5.82 Å². The summed E-state index contributed by atoms with van der Waals surface area (Å²) in [6.07, 6.45) is 0.595. The molecule has 18 heavy (non-hydrogen) atoms. The zero-order valence-corrected chi connectivity index (χ0v) is 10.3. The highest BCUT2D eigenvalue weighted by molar-refractivity contribution is 5.33. The van der Waals surface area contributed by atoms with Gasteiger partial charge < -0.3 is 0 Å². The molecule has 0 saturated heterocycles. The van der Waals surface area contributed by atoms with E-state index < -0.39 is 4.92 Å². The van der Waals surface area contributed by atoms with Crippen LogP contribution >= 0.6 is 0 Å². The standard InChI is InChI=1S/C12H14N4O2/c1-8(2)12-13-11(14-15-12)7-9-3-5-10(6-4-9)16(17)18/h3-6,8H,7H2,1-2H3,(H,13,14,15). The van der Waals surface area contributed by atoms with Crippen LogP contribution in [0.3, 0.4) is 0 Å². The Kier molecular flexibility index (Phi) is 3.36. The van der Waals surface area contributed by atoms with Crippen LogP contribution in [0.1, 0.15) is 37.0 Å². The maximum Gasteiger partial charge on any atom is 0.269 e. The Balaban J connectivity index is 2.10. The number of benzene rings is 1. The number of hydrogen-bond acceptors (Lipinski definition) is 4. The van der Waals surface area contributed by atoms with E-state index in [0.717, 1.165) is 17.2 Å². The molecule has 0 aliphatic rings. The largest absolute Gasteiger partial charge is 0.269 e. The fourth-order valence-electron chi connectivity index (χ4n) is 1.58. The summed E-state index contributed by atoms with van der Waals surface area (Å²) in [7, 11) is 0. The first-order valence-electron chi connectivity index (χ1n) is 5.71. The minimum Gasteiger partial charge on any atom is -0.263 e. The van der Waals surface area contributed by atoms with Crippen molar-refractivity contribution in [1.29, 1.82) is 0 Å². The lowest BCUT2D eigenvalue weighted by Crippen LogP contribution is -1.93. The molecule has 1 heterocycles. The Morgan fingerprint density at radius 2 is 2.00 bits per heavy atom. The van der Waals surface area contributed by atoms with E-state index >= 15 is 0 Å². The average Bonchev–Trinajstić information content (AvgIpc) is 2.78. The lowest BCUT2D eigenvalue weighted by molar-refractivity contribution is -0.384. The van der Waals surface area contributed by atoms with Crippen LogP contribution in [0.2, 0.25) is 0 Å². The molecule has 0 fully saturated rings. The van der Waals surface area contributed by atoms with Crippen molar-refractivity contribution in [3.63, 3.8) is 0 Å². The van der Waals surface area contributed by atoms with E-state index in [4.69, 9.17) is 0 Å². The van der Waals surface area contributed by atoms with Crippen LogP contribution in [0.5, 0.6) is 0 Å². The van der Waals surface area contributed by atoms with E-state index in [9.17, 15) is 10.1 Å². The number of nitro groups is 1. The number of aromatic nitrogens is 3. The molecular formula is C12H14N4O2. The Hall–Kier alpha value is -2.24. The molecule has 2 aromatic rings. The van der Waals surface area contributed by atoms with Gasteiger partial charge >= 0.3 is 0 Å². The smallest absolute Gasteiger partial charge is 0.263 e. The predicted octanol–water partition coefficient (Wildman–Crippen LogP) is 2.43. The summed E-state index contributed by atoms with van der Waals surface area (Å²) >= 11 is 0. The van der Waals surface area contributed by atoms with Crippen molar-refractivity contribution < 1.29 is 4.92 Å². The molecule has 1 aromatic carbocycles. The predicted molar refractivity (Wildman–Crippen MR) is 66.4 cm³/mol. The molecule has 1 aromatic heterocycles. The van der Waals surface area contributed by atoms with E-state index in [1.54, 1.807) is 12.1 Å². The SMILES string of the molecule is CC(C)c1n[nH]c(Cc2ccc([N+](=O)[O-])cc2)n1. The molecule has 2 rings (SSSR count). The van der Waals surface area contributed by atoms with Crippen molar-refractivity contribution in [2.45, 2.75) is 26.2 Å². The number of H-pyrrole nitrogens is 1.